The van der Waals surface area contributed by atoms with Crippen LogP contribution in [0.25, 0.3) is 0 Å². The van der Waals surface area contributed by atoms with Gasteiger partial charge >= 0.3 is 0 Å². The third kappa shape index (κ3) is 5.21. The minimum atomic E-state index is -0.489. The summed E-state index contributed by atoms with van der Waals surface area (Å²) in [5.41, 5.74) is 1.29. The Morgan fingerprint density at radius 3 is 2.48 bits per heavy atom. The summed E-state index contributed by atoms with van der Waals surface area (Å²) in [5, 5.41) is 17.2. The maximum Gasteiger partial charge on any atom is 0.119 e. The molecule has 0 saturated carbocycles. The number of aliphatic hydroxyl groups is 1. The van der Waals surface area contributed by atoms with Crippen LogP contribution in [-0.2, 0) is 0 Å². The highest BCUT2D eigenvalue weighted by molar-refractivity contribution is 5.31. The van der Waals surface area contributed by atoms with Crippen molar-refractivity contribution in [3.8, 4) is 11.5 Å². The highest BCUT2D eigenvalue weighted by Crippen LogP contribution is 2.27. The Bertz CT molecular complexity index is 607. The molecule has 3 rings (SSSR count). The second kappa shape index (κ2) is 8.87. The van der Waals surface area contributed by atoms with Crippen LogP contribution in [0.5, 0.6) is 11.5 Å². The molecule has 25 heavy (non-hydrogen) atoms. The summed E-state index contributed by atoms with van der Waals surface area (Å²) in [6.07, 6.45) is 5.62. The van der Waals surface area contributed by atoms with Crippen molar-refractivity contribution in [1.82, 2.24) is 15.1 Å². The molecule has 0 unspecified atom stereocenters. The van der Waals surface area contributed by atoms with E-state index in [1.54, 1.807) is 0 Å². The molecule has 2 N–H and O–H groups in total. The molecule has 1 aromatic carbocycles. The van der Waals surface area contributed by atoms with Crippen LogP contribution >= 0.6 is 0 Å². The number of aliphatic hydroxyl groups excluding tert-OH is 1. The number of ether oxygens (including phenoxy) is 2. The van der Waals surface area contributed by atoms with Crippen molar-refractivity contribution in [3.63, 3.8) is 0 Å². The number of piperidine rings is 1. The Kier molecular flexibility index (Phi) is 6.30. The summed E-state index contributed by atoms with van der Waals surface area (Å²) in [4.78, 5) is 2.31. The standard InChI is InChI=1S/C19H27N3O3/c1-2-24-18-3-5-19(6-4-18)25-14-17(23)13-22-9-7-15(8-10-22)16-11-20-21-12-16/h3-6,11-12,15,17,23H,2,7-10,13-14H2,1H3,(H,20,21)/t17-/m0/s1. The molecular weight excluding hydrogens is 318 g/mol. The Labute approximate surface area is 148 Å². The molecule has 1 saturated heterocycles. The number of nitrogens with zero attached hydrogens (tertiary/aromatic N) is 2. The minimum Gasteiger partial charge on any atom is -0.494 e. The summed E-state index contributed by atoms with van der Waals surface area (Å²) >= 11 is 0. The Morgan fingerprint density at radius 1 is 1.20 bits per heavy atom. The molecule has 1 atom stereocenters. The normalized spacial score (nSPS) is 17.4. The lowest BCUT2D eigenvalue weighted by atomic mass is 9.91. The van der Waals surface area contributed by atoms with Gasteiger partial charge in [-0.05, 0) is 68.6 Å². The van der Waals surface area contributed by atoms with E-state index in [0.29, 0.717) is 25.7 Å². The molecule has 136 valence electrons. The lowest BCUT2D eigenvalue weighted by Gasteiger charge is -2.32. The number of aromatic amines is 1. The number of nitrogens with one attached hydrogen (secondary N) is 1. The van der Waals surface area contributed by atoms with E-state index in [4.69, 9.17) is 9.47 Å². The molecule has 1 fully saturated rings. The molecule has 0 bridgehead atoms. The van der Waals surface area contributed by atoms with E-state index < -0.39 is 6.10 Å². The average molecular weight is 345 g/mol. The maximum absolute atomic E-state index is 10.2. The van der Waals surface area contributed by atoms with Gasteiger partial charge in [-0.3, -0.25) is 5.10 Å². The monoisotopic (exact) mass is 345 g/mol. The molecule has 1 aliphatic heterocycles. The molecule has 6 heteroatoms. The van der Waals surface area contributed by atoms with E-state index in [0.717, 1.165) is 37.4 Å². The topological polar surface area (TPSA) is 70.6 Å². The molecule has 0 radical (unpaired) electrons. The minimum absolute atomic E-state index is 0.301. The third-order valence-electron chi connectivity index (χ3n) is 4.62. The van der Waals surface area contributed by atoms with Gasteiger partial charge in [0.25, 0.3) is 0 Å². The molecule has 2 heterocycles. The molecular formula is C19H27N3O3. The van der Waals surface area contributed by atoms with Crippen molar-refractivity contribution >= 4 is 0 Å². The maximum atomic E-state index is 10.2. The predicted molar refractivity (Wildman–Crippen MR) is 96.1 cm³/mol. The second-order valence-corrected chi connectivity index (χ2v) is 6.48. The fourth-order valence-electron chi connectivity index (χ4n) is 3.27. The van der Waals surface area contributed by atoms with E-state index >= 15 is 0 Å². The number of aromatic nitrogens is 2. The van der Waals surface area contributed by atoms with Crippen LogP contribution in [0.4, 0.5) is 0 Å². The molecule has 1 aromatic heterocycles. The zero-order chi connectivity index (χ0) is 17.5. The fraction of sp³-hybridized carbons (Fsp3) is 0.526. The Morgan fingerprint density at radius 2 is 1.88 bits per heavy atom. The van der Waals surface area contributed by atoms with Crippen LogP contribution in [-0.4, -0.2) is 59.2 Å². The number of β-amino-alcohol motifs (C(OH)–C–C–N with tert-alkyl or cyclic N) is 1. The van der Waals surface area contributed by atoms with E-state index in [2.05, 4.69) is 15.1 Å². The first-order valence-corrected chi connectivity index (χ1v) is 8.99. The summed E-state index contributed by atoms with van der Waals surface area (Å²) in [6, 6.07) is 7.50. The first kappa shape index (κ1) is 17.8. The number of rotatable bonds is 8. The van der Waals surface area contributed by atoms with Gasteiger partial charge in [0, 0.05) is 12.7 Å². The van der Waals surface area contributed by atoms with Gasteiger partial charge in [0.2, 0.25) is 0 Å². The number of benzene rings is 1. The van der Waals surface area contributed by atoms with Gasteiger partial charge in [-0.2, -0.15) is 5.10 Å². The zero-order valence-electron chi connectivity index (χ0n) is 14.7. The third-order valence-corrected chi connectivity index (χ3v) is 4.62. The first-order valence-electron chi connectivity index (χ1n) is 8.99. The quantitative estimate of drug-likeness (QED) is 0.769. The van der Waals surface area contributed by atoms with Crippen molar-refractivity contribution in [1.29, 1.82) is 0 Å². The molecule has 0 aliphatic carbocycles. The van der Waals surface area contributed by atoms with Crippen molar-refractivity contribution in [2.24, 2.45) is 0 Å². The molecule has 1 aliphatic rings. The van der Waals surface area contributed by atoms with Gasteiger partial charge in [0.1, 0.15) is 24.2 Å². The van der Waals surface area contributed by atoms with E-state index in [1.165, 1.54) is 5.56 Å². The van der Waals surface area contributed by atoms with Crippen molar-refractivity contribution < 1.29 is 14.6 Å². The SMILES string of the molecule is CCOc1ccc(OC[C@@H](O)CN2CCC(c3cn[nH]c3)CC2)cc1. The number of hydrogen-bond acceptors (Lipinski definition) is 5. The lowest BCUT2D eigenvalue weighted by Crippen LogP contribution is -2.40. The highest BCUT2D eigenvalue weighted by Gasteiger charge is 2.22. The second-order valence-electron chi connectivity index (χ2n) is 6.48. The Balaban J connectivity index is 1.37. The number of hydrogen-bond donors (Lipinski definition) is 2. The number of H-pyrrole nitrogens is 1. The summed E-state index contributed by atoms with van der Waals surface area (Å²) in [5.74, 6) is 2.16. The highest BCUT2D eigenvalue weighted by atomic mass is 16.5. The van der Waals surface area contributed by atoms with Crippen LogP contribution in [0.15, 0.2) is 36.7 Å². The van der Waals surface area contributed by atoms with E-state index in [9.17, 15) is 5.11 Å². The van der Waals surface area contributed by atoms with Crippen LogP contribution < -0.4 is 9.47 Å². The average Bonchev–Trinajstić information content (AvgIpc) is 3.17. The van der Waals surface area contributed by atoms with Crippen molar-refractivity contribution in [2.75, 3.05) is 32.8 Å². The van der Waals surface area contributed by atoms with Gasteiger partial charge in [-0.1, -0.05) is 0 Å². The number of likely N-dealkylation sites (tertiary alicyclic amines) is 1. The zero-order valence-corrected chi connectivity index (χ0v) is 14.7. The Hall–Kier alpha value is -2.05. The van der Waals surface area contributed by atoms with Gasteiger partial charge in [0.15, 0.2) is 0 Å². The van der Waals surface area contributed by atoms with Crippen molar-refractivity contribution in [3.05, 3.63) is 42.2 Å². The molecule has 0 spiro atoms. The van der Waals surface area contributed by atoms with Crippen molar-refractivity contribution in [2.45, 2.75) is 31.8 Å². The first-order chi connectivity index (χ1) is 12.2. The fourth-order valence-corrected chi connectivity index (χ4v) is 3.27. The van der Waals surface area contributed by atoms with Gasteiger partial charge in [0.05, 0.1) is 12.8 Å². The van der Waals surface area contributed by atoms with E-state index in [1.807, 2.05) is 43.6 Å². The van der Waals surface area contributed by atoms with Crippen LogP contribution in [0.1, 0.15) is 31.2 Å². The smallest absolute Gasteiger partial charge is 0.119 e. The largest absolute Gasteiger partial charge is 0.494 e. The van der Waals surface area contributed by atoms with Crippen LogP contribution in [0.3, 0.4) is 0 Å². The van der Waals surface area contributed by atoms with Gasteiger partial charge < -0.3 is 19.5 Å². The van der Waals surface area contributed by atoms with Gasteiger partial charge in [-0.15, -0.1) is 0 Å². The molecule has 2 aromatic rings. The van der Waals surface area contributed by atoms with E-state index in [-0.39, 0.29) is 0 Å². The molecule has 0 amide bonds. The summed E-state index contributed by atoms with van der Waals surface area (Å²) in [6.45, 7) is 5.55. The summed E-state index contributed by atoms with van der Waals surface area (Å²) < 4.78 is 11.1. The lowest BCUT2D eigenvalue weighted by molar-refractivity contribution is 0.0594. The van der Waals surface area contributed by atoms with Crippen LogP contribution in [0.2, 0.25) is 0 Å². The summed E-state index contributed by atoms with van der Waals surface area (Å²) in [7, 11) is 0. The van der Waals surface area contributed by atoms with Crippen LogP contribution in [0, 0.1) is 0 Å². The predicted octanol–water partition coefficient (Wildman–Crippen LogP) is 2.43. The van der Waals surface area contributed by atoms with Gasteiger partial charge in [-0.25, -0.2) is 0 Å². The molecule has 6 nitrogen and oxygen atoms in total.